The van der Waals surface area contributed by atoms with Crippen molar-refractivity contribution >= 4 is 5.65 Å². The molecule has 0 aliphatic heterocycles. The summed E-state index contributed by atoms with van der Waals surface area (Å²) in [5.74, 6) is 1.75. The first-order chi connectivity index (χ1) is 10.8. The average molecular weight is 293 g/mol. The van der Waals surface area contributed by atoms with Crippen LogP contribution in [0.4, 0.5) is 0 Å². The summed E-state index contributed by atoms with van der Waals surface area (Å²) in [6.07, 6.45) is 3.49. The standard InChI is InChI=1S/C15H11N5O2/c1-21-12-5-2-10(3-6-12)15-17-14(19-22-15)11-4-7-13-18-16-9-20(13)8-11/h2-9H,1H3. The smallest absolute Gasteiger partial charge is 0.258 e. The van der Waals surface area contributed by atoms with Gasteiger partial charge in [0.1, 0.15) is 12.1 Å². The van der Waals surface area contributed by atoms with Crippen LogP contribution in [-0.2, 0) is 0 Å². The van der Waals surface area contributed by atoms with Crippen molar-refractivity contribution in [2.45, 2.75) is 0 Å². The fraction of sp³-hybridized carbons (Fsp3) is 0.0667. The second-order valence-corrected chi connectivity index (χ2v) is 4.67. The second-order valence-electron chi connectivity index (χ2n) is 4.67. The highest BCUT2D eigenvalue weighted by atomic mass is 16.5. The van der Waals surface area contributed by atoms with E-state index in [9.17, 15) is 0 Å². The summed E-state index contributed by atoms with van der Waals surface area (Å²) in [5.41, 5.74) is 2.43. The van der Waals surface area contributed by atoms with Crippen LogP contribution in [0, 0.1) is 0 Å². The van der Waals surface area contributed by atoms with Gasteiger partial charge in [-0.2, -0.15) is 4.98 Å². The van der Waals surface area contributed by atoms with E-state index >= 15 is 0 Å². The summed E-state index contributed by atoms with van der Waals surface area (Å²) < 4.78 is 12.3. The molecule has 108 valence electrons. The number of nitrogens with zero attached hydrogens (tertiary/aromatic N) is 5. The summed E-state index contributed by atoms with van der Waals surface area (Å²) in [7, 11) is 1.63. The molecule has 4 rings (SSSR count). The summed E-state index contributed by atoms with van der Waals surface area (Å²) in [5, 5.41) is 11.8. The van der Waals surface area contributed by atoms with Crippen molar-refractivity contribution in [2.75, 3.05) is 7.11 Å². The van der Waals surface area contributed by atoms with Crippen LogP contribution in [0.1, 0.15) is 0 Å². The van der Waals surface area contributed by atoms with Crippen molar-refractivity contribution in [1.29, 1.82) is 0 Å². The molecule has 0 unspecified atom stereocenters. The van der Waals surface area contributed by atoms with Gasteiger partial charge in [-0.05, 0) is 36.4 Å². The summed E-state index contributed by atoms with van der Waals surface area (Å²) >= 11 is 0. The molecule has 0 amide bonds. The number of benzene rings is 1. The molecule has 3 heterocycles. The Morgan fingerprint density at radius 1 is 1.05 bits per heavy atom. The molecule has 0 N–H and O–H groups in total. The number of hydrogen-bond acceptors (Lipinski definition) is 6. The lowest BCUT2D eigenvalue weighted by molar-refractivity contribution is 0.414. The number of ether oxygens (including phenoxy) is 1. The van der Waals surface area contributed by atoms with Crippen LogP contribution in [0.3, 0.4) is 0 Å². The number of fused-ring (bicyclic) bond motifs is 1. The van der Waals surface area contributed by atoms with Gasteiger partial charge in [0.2, 0.25) is 5.82 Å². The van der Waals surface area contributed by atoms with Gasteiger partial charge < -0.3 is 9.26 Å². The zero-order chi connectivity index (χ0) is 14.9. The predicted octanol–water partition coefficient (Wildman–Crippen LogP) is 2.45. The van der Waals surface area contributed by atoms with Crippen molar-refractivity contribution in [1.82, 2.24) is 24.7 Å². The van der Waals surface area contributed by atoms with Crippen LogP contribution in [-0.4, -0.2) is 31.8 Å². The van der Waals surface area contributed by atoms with Crippen LogP contribution < -0.4 is 4.74 Å². The third-order valence-corrected chi connectivity index (χ3v) is 3.31. The van der Waals surface area contributed by atoms with Gasteiger partial charge in [-0.3, -0.25) is 4.40 Å². The lowest BCUT2D eigenvalue weighted by atomic mass is 10.2. The van der Waals surface area contributed by atoms with Crippen LogP contribution in [0.2, 0.25) is 0 Å². The Hall–Kier alpha value is -3.22. The van der Waals surface area contributed by atoms with E-state index in [0.717, 1.165) is 22.5 Å². The van der Waals surface area contributed by atoms with Gasteiger partial charge in [0.25, 0.3) is 5.89 Å². The molecule has 0 spiro atoms. The molecule has 0 saturated carbocycles. The molecule has 0 fully saturated rings. The van der Waals surface area contributed by atoms with E-state index < -0.39 is 0 Å². The Kier molecular flexibility index (Phi) is 2.82. The Bertz CT molecular complexity index is 926. The SMILES string of the molecule is COc1ccc(-c2nc(-c3ccc4nncn4c3)no2)cc1. The molecule has 0 saturated heterocycles. The Morgan fingerprint density at radius 3 is 2.68 bits per heavy atom. The van der Waals surface area contributed by atoms with Gasteiger partial charge in [-0.1, -0.05) is 5.16 Å². The Labute approximate surface area is 125 Å². The highest BCUT2D eigenvalue weighted by Crippen LogP contribution is 2.24. The maximum atomic E-state index is 5.33. The van der Waals surface area contributed by atoms with E-state index in [4.69, 9.17) is 9.26 Å². The van der Waals surface area contributed by atoms with Crippen LogP contribution in [0.25, 0.3) is 28.5 Å². The van der Waals surface area contributed by atoms with Gasteiger partial charge in [0, 0.05) is 17.3 Å². The molecule has 0 aliphatic rings. The van der Waals surface area contributed by atoms with E-state index in [-0.39, 0.29) is 0 Å². The van der Waals surface area contributed by atoms with Crippen molar-refractivity contribution in [3.63, 3.8) is 0 Å². The van der Waals surface area contributed by atoms with E-state index in [1.165, 1.54) is 0 Å². The minimum absolute atomic E-state index is 0.460. The average Bonchev–Trinajstić information content (AvgIpc) is 3.23. The van der Waals surface area contributed by atoms with Crippen molar-refractivity contribution in [3.05, 3.63) is 48.9 Å². The molecule has 0 radical (unpaired) electrons. The Morgan fingerprint density at radius 2 is 1.86 bits per heavy atom. The zero-order valence-corrected chi connectivity index (χ0v) is 11.7. The summed E-state index contributed by atoms with van der Waals surface area (Å²) in [6, 6.07) is 11.2. The fourth-order valence-electron chi connectivity index (χ4n) is 2.15. The molecule has 3 aromatic heterocycles. The van der Waals surface area contributed by atoms with E-state index in [2.05, 4.69) is 20.3 Å². The number of methoxy groups -OCH3 is 1. The van der Waals surface area contributed by atoms with Gasteiger partial charge >= 0.3 is 0 Å². The largest absolute Gasteiger partial charge is 0.497 e. The van der Waals surface area contributed by atoms with Crippen LogP contribution >= 0.6 is 0 Å². The fourth-order valence-corrected chi connectivity index (χ4v) is 2.15. The van der Waals surface area contributed by atoms with E-state index in [1.54, 1.807) is 17.8 Å². The van der Waals surface area contributed by atoms with Gasteiger partial charge in [0.15, 0.2) is 5.65 Å². The second kappa shape index (κ2) is 4.96. The third-order valence-electron chi connectivity index (χ3n) is 3.31. The van der Waals surface area contributed by atoms with Crippen molar-refractivity contribution < 1.29 is 9.26 Å². The summed E-state index contributed by atoms with van der Waals surface area (Å²) in [4.78, 5) is 4.42. The first-order valence-corrected chi connectivity index (χ1v) is 6.61. The van der Waals surface area contributed by atoms with Gasteiger partial charge in [-0.25, -0.2) is 0 Å². The van der Waals surface area contributed by atoms with E-state index in [0.29, 0.717) is 11.7 Å². The molecule has 7 nitrogen and oxygen atoms in total. The highest BCUT2D eigenvalue weighted by Gasteiger charge is 2.11. The molecule has 4 aromatic rings. The molecular weight excluding hydrogens is 282 g/mol. The highest BCUT2D eigenvalue weighted by molar-refractivity contribution is 5.61. The molecule has 1 aromatic carbocycles. The maximum absolute atomic E-state index is 5.33. The third kappa shape index (κ3) is 2.08. The van der Waals surface area contributed by atoms with Crippen molar-refractivity contribution in [3.8, 4) is 28.6 Å². The first-order valence-electron chi connectivity index (χ1n) is 6.61. The van der Waals surface area contributed by atoms with Gasteiger partial charge in [-0.15, -0.1) is 10.2 Å². The van der Waals surface area contributed by atoms with Crippen LogP contribution in [0.5, 0.6) is 5.75 Å². The quantitative estimate of drug-likeness (QED) is 0.577. The van der Waals surface area contributed by atoms with Crippen LogP contribution in [0.15, 0.2) is 53.4 Å². The zero-order valence-electron chi connectivity index (χ0n) is 11.7. The normalized spacial score (nSPS) is 11.0. The molecule has 0 aliphatic carbocycles. The molecule has 22 heavy (non-hydrogen) atoms. The molecular formula is C15H11N5O2. The molecule has 7 heteroatoms. The predicted molar refractivity (Wildman–Crippen MR) is 78.3 cm³/mol. The molecule has 0 atom stereocenters. The lowest BCUT2D eigenvalue weighted by Gasteiger charge is -1.98. The first kappa shape index (κ1) is 12.5. The number of hydrogen-bond donors (Lipinski definition) is 0. The maximum Gasteiger partial charge on any atom is 0.258 e. The topological polar surface area (TPSA) is 78.3 Å². The minimum atomic E-state index is 0.460. The van der Waals surface area contributed by atoms with Gasteiger partial charge in [0.05, 0.1) is 7.11 Å². The Balaban J connectivity index is 1.70. The molecule has 0 bridgehead atoms. The van der Waals surface area contributed by atoms with E-state index in [1.807, 2.05) is 42.6 Å². The van der Waals surface area contributed by atoms with Crippen molar-refractivity contribution in [2.24, 2.45) is 0 Å². The number of aromatic nitrogens is 5. The number of pyridine rings is 1. The summed E-state index contributed by atoms with van der Waals surface area (Å²) in [6.45, 7) is 0. The lowest BCUT2D eigenvalue weighted by Crippen LogP contribution is -1.87. The minimum Gasteiger partial charge on any atom is -0.497 e. The number of rotatable bonds is 3. The monoisotopic (exact) mass is 293 g/mol.